The van der Waals surface area contributed by atoms with Gasteiger partial charge in [-0.1, -0.05) is 97.8 Å². The molecule has 3 aromatic carbocycles. The normalized spacial score (nSPS) is 14.1. The molecule has 0 N–H and O–H groups in total. The molecule has 0 radical (unpaired) electrons. The van der Waals surface area contributed by atoms with E-state index in [-0.39, 0.29) is 102 Å². The van der Waals surface area contributed by atoms with Gasteiger partial charge in [-0.25, -0.2) is 18.2 Å². The molecule has 0 fully saturated rings. The van der Waals surface area contributed by atoms with Gasteiger partial charge < -0.3 is 37.2 Å². The van der Waals surface area contributed by atoms with Crippen LogP contribution in [0, 0.1) is 20.8 Å². The van der Waals surface area contributed by atoms with Crippen molar-refractivity contribution in [3.05, 3.63) is 86.5 Å². The van der Waals surface area contributed by atoms with E-state index in [9.17, 15) is 0 Å². The Bertz CT molecular complexity index is 844. The number of aryl methyl sites for hydroxylation is 6. The fourth-order valence-corrected chi connectivity index (χ4v) is 5.67. The molecule has 0 atom stereocenters. The van der Waals surface area contributed by atoms with Crippen molar-refractivity contribution in [1.29, 1.82) is 0 Å². The van der Waals surface area contributed by atoms with Gasteiger partial charge in [-0.15, -0.1) is 0 Å². The SMILES string of the molecule is C[c-]1ccc2c1CCCC2.C[c-]1ccc2c1CCCC2.C[c-]1ccc2c1CCCC2.[Cl-].[Cl-].[Cl-].[Ti+2].[Ti+2].[Ti+2]. The van der Waals surface area contributed by atoms with Gasteiger partial charge >= 0.3 is 65.2 Å². The molecule has 192 valence electrons. The maximum absolute atomic E-state index is 2.30. The van der Waals surface area contributed by atoms with Gasteiger partial charge in [0.25, 0.3) is 0 Å². The van der Waals surface area contributed by atoms with Gasteiger partial charge in [-0.05, 0) is 0 Å². The Kier molecular flexibility index (Phi) is 24.1. The third-order valence-corrected chi connectivity index (χ3v) is 7.56. The van der Waals surface area contributed by atoms with Gasteiger partial charge in [0, 0.05) is 0 Å². The molecule has 36 heavy (non-hydrogen) atoms. The van der Waals surface area contributed by atoms with Gasteiger partial charge in [0.2, 0.25) is 0 Å². The summed E-state index contributed by atoms with van der Waals surface area (Å²) < 4.78 is 0. The van der Waals surface area contributed by atoms with E-state index >= 15 is 0 Å². The third-order valence-electron chi connectivity index (χ3n) is 7.56. The summed E-state index contributed by atoms with van der Waals surface area (Å²) in [7, 11) is 0. The van der Waals surface area contributed by atoms with Crippen molar-refractivity contribution in [2.45, 2.75) is 97.8 Å². The van der Waals surface area contributed by atoms with Crippen molar-refractivity contribution < 1.29 is 102 Å². The van der Waals surface area contributed by atoms with E-state index in [4.69, 9.17) is 0 Å². The fourth-order valence-electron chi connectivity index (χ4n) is 5.67. The number of fused-ring (bicyclic) bond motifs is 3. The molecule has 0 saturated carbocycles. The minimum Gasteiger partial charge on any atom is -1.00 e. The van der Waals surface area contributed by atoms with E-state index in [0.29, 0.717) is 0 Å². The average molecular weight is 650 g/mol. The summed E-state index contributed by atoms with van der Waals surface area (Å²) in [6.07, 6.45) is 16.4. The van der Waals surface area contributed by atoms with Crippen LogP contribution in [-0.2, 0) is 104 Å². The first kappa shape index (κ1) is 41.5. The average Bonchev–Trinajstić information content (AvgIpc) is 3.48. The van der Waals surface area contributed by atoms with E-state index in [1.165, 1.54) is 93.7 Å². The number of rotatable bonds is 0. The second-order valence-electron chi connectivity index (χ2n) is 9.68. The first-order valence-electron chi connectivity index (χ1n) is 12.4. The first-order valence-corrected chi connectivity index (χ1v) is 12.4. The molecule has 0 saturated heterocycles. The number of hydrogen-bond acceptors (Lipinski definition) is 0. The zero-order valence-electron chi connectivity index (χ0n) is 22.1. The van der Waals surface area contributed by atoms with Crippen LogP contribution in [0.15, 0.2) is 36.4 Å². The molecule has 0 nitrogen and oxygen atoms in total. The Morgan fingerprint density at radius 3 is 0.861 bits per heavy atom. The summed E-state index contributed by atoms with van der Waals surface area (Å²) in [5.41, 5.74) is 14.3. The Morgan fingerprint density at radius 2 is 0.639 bits per heavy atom. The smallest absolute Gasteiger partial charge is 1.00 e. The van der Waals surface area contributed by atoms with Crippen molar-refractivity contribution in [1.82, 2.24) is 0 Å². The predicted octanol–water partition coefficient (Wildman–Crippen LogP) is -1.22. The molecule has 0 bridgehead atoms. The van der Waals surface area contributed by atoms with E-state index in [1.807, 2.05) is 0 Å². The van der Waals surface area contributed by atoms with Gasteiger partial charge in [0.15, 0.2) is 0 Å². The zero-order valence-corrected chi connectivity index (χ0v) is 29.0. The Balaban J connectivity index is -0.000000419. The second kappa shape index (κ2) is 20.9. The second-order valence-corrected chi connectivity index (χ2v) is 9.68. The summed E-state index contributed by atoms with van der Waals surface area (Å²) in [5.74, 6) is 0. The summed E-state index contributed by atoms with van der Waals surface area (Å²) >= 11 is 0. The molecule has 3 aliphatic carbocycles. The molecular weight excluding hydrogens is 610 g/mol. The van der Waals surface area contributed by atoms with Crippen LogP contribution in [-0.4, -0.2) is 0 Å². The van der Waals surface area contributed by atoms with Crippen LogP contribution in [0.5, 0.6) is 0 Å². The molecule has 0 spiro atoms. The maximum Gasteiger partial charge on any atom is 2.00 e. The summed E-state index contributed by atoms with van der Waals surface area (Å²) in [5, 5.41) is 0. The van der Waals surface area contributed by atoms with E-state index < -0.39 is 0 Å². The Hall–Kier alpha value is 1.06. The quantitative estimate of drug-likeness (QED) is 0.212. The van der Waals surface area contributed by atoms with Crippen LogP contribution >= 0.6 is 0 Å². The predicted molar refractivity (Wildman–Crippen MR) is 130 cm³/mol. The monoisotopic (exact) mass is 648 g/mol. The van der Waals surface area contributed by atoms with E-state index in [0.717, 1.165) is 0 Å². The van der Waals surface area contributed by atoms with E-state index in [1.54, 1.807) is 33.4 Å². The topological polar surface area (TPSA) is 0 Å². The van der Waals surface area contributed by atoms with Crippen molar-refractivity contribution >= 4 is 0 Å². The van der Waals surface area contributed by atoms with Crippen LogP contribution in [0.1, 0.15) is 88.6 Å². The first-order chi connectivity index (χ1) is 14.6. The van der Waals surface area contributed by atoms with Crippen molar-refractivity contribution in [3.8, 4) is 0 Å². The molecule has 0 aromatic heterocycles. The molecule has 3 aliphatic rings. The van der Waals surface area contributed by atoms with Crippen LogP contribution in [0.4, 0.5) is 0 Å². The standard InChI is InChI=1S/3C10H13.3ClH.3Ti/c3*1-8-6-7-9-4-2-3-5-10(8)9;;;;;;/h3*6-7H,2-5H2,1H3;3*1H;;;/q3*-1;;;;3*+2/p-3. The van der Waals surface area contributed by atoms with Crippen LogP contribution in [0.25, 0.3) is 0 Å². The molecule has 0 heterocycles. The third kappa shape index (κ3) is 10.9. The molecule has 0 unspecified atom stereocenters. The zero-order chi connectivity index (χ0) is 20.9. The molecular formula is C30H39Cl3Ti3. The van der Waals surface area contributed by atoms with E-state index in [2.05, 4.69) is 57.2 Å². The minimum absolute atomic E-state index is 0. The van der Waals surface area contributed by atoms with Gasteiger partial charge in [0.1, 0.15) is 0 Å². The Morgan fingerprint density at radius 1 is 0.417 bits per heavy atom. The Labute approximate surface area is 283 Å². The van der Waals surface area contributed by atoms with Crippen LogP contribution in [0.2, 0.25) is 0 Å². The molecule has 3 aromatic rings. The molecule has 0 aliphatic heterocycles. The fraction of sp³-hybridized carbons (Fsp3) is 0.500. The van der Waals surface area contributed by atoms with Gasteiger partial charge in [0.05, 0.1) is 0 Å². The number of halogens is 3. The molecule has 6 heteroatoms. The van der Waals surface area contributed by atoms with Gasteiger partial charge in [-0.3, -0.25) is 0 Å². The molecule has 6 rings (SSSR count). The molecule has 0 amide bonds. The minimum atomic E-state index is 0. The van der Waals surface area contributed by atoms with Crippen LogP contribution < -0.4 is 37.2 Å². The van der Waals surface area contributed by atoms with Crippen molar-refractivity contribution in [2.24, 2.45) is 0 Å². The van der Waals surface area contributed by atoms with Crippen molar-refractivity contribution in [2.75, 3.05) is 0 Å². The maximum atomic E-state index is 2.30. The largest absolute Gasteiger partial charge is 2.00 e. The number of hydrogen-bond donors (Lipinski definition) is 0. The summed E-state index contributed by atoms with van der Waals surface area (Å²) in [6.45, 7) is 6.68. The summed E-state index contributed by atoms with van der Waals surface area (Å²) in [4.78, 5) is 0. The van der Waals surface area contributed by atoms with Crippen LogP contribution in [0.3, 0.4) is 0 Å². The van der Waals surface area contributed by atoms with Crippen molar-refractivity contribution in [3.63, 3.8) is 0 Å². The summed E-state index contributed by atoms with van der Waals surface area (Å²) in [6, 6.07) is 13.7. The van der Waals surface area contributed by atoms with Gasteiger partial charge in [-0.2, -0.15) is 68.3 Å².